The predicted molar refractivity (Wildman–Crippen MR) is 99.1 cm³/mol. The molecule has 0 saturated carbocycles. The Morgan fingerprint density at radius 3 is 2.78 bits per heavy atom. The molecule has 3 aromatic rings. The van der Waals surface area contributed by atoms with Crippen LogP contribution in [0.25, 0.3) is 10.9 Å². The molecule has 0 radical (unpaired) electrons. The molecule has 0 aliphatic carbocycles. The van der Waals surface area contributed by atoms with Crippen molar-refractivity contribution in [2.75, 3.05) is 24.8 Å². The minimum atomic E-state index is -3.75. The van der Waals surface area contributed by atoms with E-state index < -0.39 is 10.0 Å². The average Bonchev–Trinajstić information content (AvgIpc) is 3.31. The molecule has 3 heterocycles. The molecule has 0 N–H and O–H groups in total. The summed E-state index contributed by atoms with van der Waals surface area (Å²) in [7, 11) is -2.17. The van der Waals surface area contributed by atoms with Crippen LogP contribution in [0.4, 0.5) is 5.82 Å². The molecule has 138 valence electrons. The van der Waals surface area contributed by atoms with Crippen molar-refractivity contribution in [3.63, 3.8) is 0 Å². The fraction of sp³-hybridized carbons (Fsp3) is 0.211. The van der Waals surface area contributed by atoms with E-state index in [1.807, 2.05) is 18.2 Å². The van der Waals surface area contributed by atoms with E-state index >= 15 is 0 Å². The zero-order valence-corrected chi connectivity index (χ0v) is 15.3. The molecule has 2 aromatic carbocycles. The molecule has 7 nitrogen and oxygen atoms in total. The van der Waals surface area contributed by atoms with Gasteiger partial charge in [-0.1, -0.05) is 0 Å². The summed E-state index contributed by atoms with van der Waals surface area (Å²) in [5, 5.41) is 0.955. The lowest BCUT2D eigenvalue weighted by molar-refractivity contribution is 0.174. The normalized spacial score (nSPS) is 15.2. The van der Waals surface area contributed by atoms with Crippen LogP contribution in [-0.4, -0.2) is 33.8 Å². The number of benzene rings is 2. The lowest BCUT2D eigenvalue weighted by Gasteiger charge is -2.19. The van der Waals surface area contributed by atoms with Gasteiger partial charge in [0.2, 0.25) is 6.79 Å². The van der Waals surface area contributed by atoms with Gasteiger partial charge in [0.1, 0.15) is 11.6 Å². The second kappa shape index (κ2) is 5.75. The molecular weight excluding hydrogens is 368 g/mol. The molecule has 0 atom stereocenters. The van der Waals surface area contributed by atoms with E-state index in [2.05, 4.69) is 4.98 Å². The van der Waals surface area contributed by atoms with Gasteiger partial charge in [0.15, 0.2) is 11.5 Å². The van der Waals surface area contributed by atoms with Crippen molar-refractivity contribution in [3.05, 3.63) is 48.0 Å². The molecule has 8 heteroatoms. The van der Waals surface area contributed by atoms with Gasteiger partial charge in [0.25, 0.3) is 10.0 Å². The second-order valence-electron chi connectivity index (χ2n) is 6.37. The number of ether oxygens (including phenoxy) is 3. The van der Waals surface area contributed by atoms with Crippen LogP contribution in [0.1, 0.15) is 5.56 Å². The number of hydrogen-bond donors (Lipinski definition) is 0. The summed E-state index contributed by atoms with van der Waals surface area (Å²) in [6.45, 7) is 0.452. The quantitative estimate of drug-likeness (QED) is 0.691. The summed E-state index contributed by atoms with van der Waals surface area (Å²) >= 11 is 0. The zero-order chi connectivity index (χ0) is 18.6. The van der Waals surface area contributed by atoms with Crippen molar-refractivity contribution in [2.45, 2.75) is 11.3 Å². The number of hydrogen-bond acceptors (Lipinski definition) is 6. The first-order chi connectivity index (χ1) is 13.1. The fourth-order valence-corrected chi connectivity index (χ4v) is 4.90. The minimum Gasteiger partial charge on any atom is -0.497 e. The molecule has 2 aliphatic rings. The second-order valence-corrected chi connectivity index (χ2v) is 8.23. The van der Waals surface area contributed by atoms with Gasteiger partial charge < -0.3 is 14.2 Å². The SMILES string of the molecule is COc1ccc2cc3c(nc2c1)N(S(=O)(=O)c1ccc2c(c1)OCO2)CC3. The molecule has 0 amide bonds. The molecule has 27 heavy (non-hydrogen) atoms. The van der Waals surface area contributed by atoms with E-state index in [-0.39, 0.29) is 11.7 Å². The maximum Gasteiger partial charge on any atom is 0.265 e. The van der Waals surface area contributed by atoms with Gasteiger partial charge in [-0.05, 0) is 42.3 Å². The van der Waals surface area contributed by atoms with Crippen LogP contribution in [0.3, 0.4) is 0 Å². The van der Waals surface area contributed by atoms with Crippen LogP contribution in [0.5, 0.6) is 17.2 Å². The third kappa shape index (κ3) is 2.48. The summed E-state index contributed by atoms with van der Waals surface area (Å²) in [6, 6.07) is 12.2. The Labute approximate surface area is 156 Å². The smallest absolute Gasteiger partial charge is 0.265 e. The van der Waals surface area contributed by atoms with Crippen LogP contribution in [0, 0.1) is 0 Å². The number of anilines is 1. The van der Waals surface area contributed by atoms with E-state index in [0.29, 0.717) is 41.5 Å². The maximum absolute atomic E-state index is 13.2. The Balaban J connectivity index is 1.60. The average molecular weight is 384 g/mol. The molecule has 0 unspecified atom stereocenters. The molecule has 0 spiro atoms. The van der Waals surface area contributed by atoms with Crippen molar-refractivity contribution in [1.29, 1.82) is 0 Å². The highest BCUT2D eigenvalue weighted by molar-refractivity contribution is 7.92. The van der Waals surface area contributed by atoms with Gasteiger partial charge in [-0.25, -0.2) is 17.7 Å². The van der Waals surface area contributed by atoms with Crippen molar-refractivity contribution in [1.82, 2.24) is 4.98 Å². The Morgan fingerprint density at radius 1 is 1.07 bits per heavy atom. The summed E-state index contributed by atoms with van der Waals surface area (Å²) in [4.78, 5) is 4.78. The predicted octanol–water partition coefficient (Wildman–Crippen LogP) is 2.72. The minimum absolute atomic E-state index is 0.0980. The molecule has 0 fully saturated rings. The van der Waals surface area contributed by atoms with Crippen molar-refractivity contribution >= 4 is 26.7 Å². The number of nitrogens with zero attached hydrogens (tertiary/aromatic N) is 2. The summed E-state index contributed by atoms with van der Waals surface area (Å²) in [6.07, 6.45) is 0.619. The van der Waals surface area contributed by atoms with Crippen LogP contribution in [0.15, 0.2) is 47.4 Å². The van der Waals surface area contributed by atoms with E-state index in [0.717, 1.165) is 10.9 Å². The highest BCUT2D eigenvalue weighted by Crippen LogP contribution is 2.38. The first-order valence-corrected chi connectivity index (χ1v) is 9.90. The van der Waals surface area contributed by atoms with Crippen LogP contribution >= 0.6 is 0 Å². The third-order valence-electron chi connectivity index (χ3n) is 4.83. The Morgan fingerprint density at radius 2 is 1.93 bits per heavy atom. The van der Waals surface area contributed by atoms with Gasteiger partial charge in [-0.2, -0.15) is 0 Å². The lowest BCUT2D eigenvalue weighted by atomic mass is 10.1. The van der Waals surface area contributed by atoms with Crippen LogP contribution < -0.4 is 18.5 Å². The molecule has 2 aliphatic heterocycles. The Hall–Kier alpha value is -3.00. The van der Waals surface area contributed by atoms with Crippen LogP contribution in [-0.2, 0) is 16.4 Å². The largest absolute Gasteiger partial charge is 0.497 e. The van der Waals surface area contributed by atoms with E-state index in [9.17, 15) is 8.42 Å². The van der Waals surface area contributed by atoms with Gasteiger partial charge in [-0.15, -0.1) is 0 Å². The highest BCUT2D eigenvalue weighted by atomic mass is 32.2. The summed E-state index contributed by atoms with van der Waals surface area (Å²) in [5.74, 6) is 2.13. The Kier molecular flexibility index (Phi) is 3.45. The number of methoxy groups -OCH3 is 1. The number of aromatic nitrogens is 1. The molecule has 5 rings (SSSR count). The summed E-state index contributed by atoms with van der Waals surface area (Å²) in [5.41, 5.74) is 1.61. The van der Waals surface area contributed by atoms with Gasteiger partial charge in [0.05, 0.1) is 17.5 Å². The number of fused-ring (bicyclic) bond motifs is 3. The molecule has 0 bridgehead atoms. The third-order valence-corrected chi connectivity index (χ3v) is 6.62. The number of sulfonamides is 1. The monoisotopic (exact) mass is 384 g/mol. The van der Waals surface area contributed by atoms with Crippen molar-refractivity contribution in [3.8, 4) is 17.2 Å². The van der Waals surface area contributed by atoms with Crippen molar-refractivity contribution in [2.24, 2.45) is 0 Å². The van der Waals surface area contributed by atoms with Gasteiger partial charge in [0, 0.05) is 24.1 Å². The summed E-state index contributed by atoms with van der Waals surface area (Å²) < 4.78 is 43.6. The van der Waals surface area contributed by atoms with E-state index in [1.165, 1.54) is 16.4 Å². The van der Waals surface area contributed by atoms with Crippen molar-refractivity contribution < 1.29 is 22.6 Å². The van der Waals surface area contributed by atoms with Gasteiger partial charge >= 0.3 is 0 Å². The standard InChI is InChI=1S/C19H16N2O5S/c1-24-14-3-2-12-8-13-6-7-21(19(13)20-16(12)9-14)27(22,23)15-4-5-17-18(10-15)26-11-25-17/h2-5,8-10H,6-7,11H2,1H3. The highest BCUT2D eigenvalue weighted by Gasteiger charge is 2.33. The zero-order valence-electron chi connectivity index (χ0n) is 14.5. The lowest BCUT2D eigenvalue weighted by Crippen LogP contribution is -2.29. The molecular formula is C19H16N2O5S. The first-order valence-electron chi connectivity index (χ1n) is 8.46. The fourth-order valence-electron chi connectivity index (χ4n) is 3.43. The first kappa shape index (κ1) is 16.2. The number of rotatable bonds is 3. The number of pyridine rings is 1. The van der Waals surface area contributed by atoms with Crippen LogP contribution in [0.2, 0.25) is 0 Å². The van der Waals surface area contributed by atoms with Gasteiger partial charge in [-0.3, -0.25) is 0 Å². The van der Waals surface area contributed by atoms with E-state index in [1.54, 1.807) is 19.2 Å². The Bertz CT molecular complexity index is 1180. The van der Waals surface area contributed by atoms with E-state index in [4.69, 9.17) is 14.2 Å². The topological polar surface area (TPSA) is 78.0 Å². The molecule has 0 saturated heterocycles. The maximum atomic E-state index is 13.2. The molecule has 1 aromatic heterocycles.